The second-order valence-electron chi connectivity index (χ2n) is 4.77. The van der Waals surface area contributed by atoms with E-state index in [9.17, 15) is 21.6 Å². The van der Waals surface area contributed by atoms with Crippen molar-refractivity contribution in [2.24, 2.45) is 0 Å². The van der Waals surface area contributed by atoms with Gasteiger partial charge >= 0.3 is 6.18 Å². The summed E-state index contributed by atoms with van der Waals surface area (Å²) in [6.07, 6.45) is -3.08. The van der Waals surface area contributed by atoms with Crippen molar-refractivity contribution in [1.82, 2.24) is 9.78 Å². The van der Waals surface area contributed by atoms with Crippen molar-refractivity contribution in [2.45, 2.75) is 31.5 Å². The van der Waals surface area contributed by atoms with Crippen molar-refractivity contribution in [2.75, 3.05) is 5.73 Å². The first-order valence-corrected chi connectivity index (χ1v) is 7.73. The van der Waals surface area contributed by atoms with Gasteiger partial charge in [-0.3, -0.25) is 9.23 Å². The maximum Gasteiger partial charge on any atom is 0.408 e. The standard InChI is InChI=1S/C7H8O3S.C6H8F3N3/c1-6-2-4-7(5-3-6)11(8,9)10;1-4-5(10)2-12(11-4)3-6(7,8)9/h2-5H,1H3,(H,8,9,10);2H,3,10H2,1H3. The van der Waals surface area contributed by atoms with Crippen molar-refractivity contribution < 1.29 is 26.1 Å². The highest BCUT2D eigenvalue weighted by Gasteiger charge is 2.28. The van der Waals surface area contributed by atoms with Crippen LogP contribution in [0.5, 0.6) is 0 Å². The molecule has 1 aromatic carbocycles. The lowest BCUT2D eigenvalue weighted by Gasteiger charge is -2.04. The summed E-state index contributed by atoms with van der Waals surface area (Å²) in [5.41, 5.74) is 6.96. The maximum atomic E-state index is 11.8. The van der Waals surface area contributed by atoms with Crippen LogP contribution in [0.1, 0.15) is 11.3 Å². The Bertz CT molecular complexity index is 734. The van der Waals surface area contributed by atoms with E-state index in [1.807, 2.05) is 6.92 Å². The van der Waals surface area contributed by atoms with Crippen LogP contribution in [0.3, 0.4) is 0 Å². The molecule has 0 saturated heterocycles. The molecule has 0 aliphatic heterocycles. The molecule has 2 aromatic rings. The number of nitrogen functional groups attached to an aromatic ring is 1. The third-order valence-electron chi connectivity index (χ3n) is 2.64. The van der Waals surface area contributed by atoms with E-state index in [0.29, 0.717) is 5.69 Å². The van der Waals surface area contributed by atoms with Crippen LogP contribution in [0.15, 0.2) is 35.4 Å². The molecule has 0 saturated carbocycles. The number of nitrogens with zero attached hydrogens (tertiary/aromatic N) is 2. The number of hydrogen-bond donors (Lipinski definition) is 2. The summed E-state index contributed by atoms with van der Waals surface area (Å²) in [5.74, 6) is 0. The molecule has 0 atom stereocenters. The van der Waals surface area contributed by atoms with Gasteiger partial charge in [0.05, 0.1) is 16.3 Å². The van der Waals surface area contributed by atoms with Gasteiger partial charge < -0.3 is 5.73 Å². The van der Waals surface area contributed by atoms with Crippen LogP contribution < -0.4 is 5.73 Å². The number of alkyl halides is 3. The second-order valence-corrected chi connectivity index (χ2v) is 6.19. The predicted octanol–water partition coefficient (Wildman–Crippen LogP) is 2.58. The molecular formula is C13H16F3N3O3S. The van der Waals surface area contributed by atoms with E-state index >= 15 is 0 Å². The third-order valence-corrected chi connectivity index (χ3v) is 3.51. The summed E-state index contributed by atoms with van der Waals surface area (Å²) in [7, 11) is -4.02. The molecule has 3 N–H and O–H groups in total. The van der Waals surface area contributed by atoms with Crippen molar-refractivity contribution in [3.05, 3.63) is 41.7 Å². The van der Waals surface area contributed by atoms with Gasteiger partial charge in [-0.2, -0.15) is 26.7 Å². The minimum Gasteiger partial charge on any atom is -0.396 e. The van der Waals surface area contributed by atoms with E-state index in [1.165, 1.54) is 18.3 Å². The molecule has 1 aromatic heterocycles. The minimum absolute atomic E-state index is 0.0666. The van der Waals surface area contributed by atoms with Gasteiger partial charge in [-0.15, -0.1) is 0 Å². The summed E-state index contributed by atoms with van der Waals surface area (Å²) >= 11 is 0. The molecule has 1 heterocycles. The number of rotatable bonds is 2. The van der Waals surface area contributed by atoms with Crippen LogP contribution in [0, 0.1) is 13.8 Å². The molecule has 6 nitrogen and oxygen atoms in total. The SMILES string of the molecule is Cc1ccc(S(=O)(=O)O)cc1.Cc1nn(CC(F)(F)F)cc1N. The van der Waals surface area contributed by atoms with Gasteiger partial charge in [0.1, 0.15) is 6.54 Å². The molecule has 0 radical (unpaired) electrons. The van der Waals surface area contributed by atoms with Crippen LogP contribution >= 0.6 is 0 Å². The molecular weight excluding hydrogens is 335 g/mol. The largest absolute Gasteiger partial charge is 0.408 e. The number of nitrogens with two attached hydrogens (primary N) is 1. The third kappa shape index (κ3) is 6.70. The fourth-order valence-electron chi connectivity index (χ4n) is 1.51. The summed E-state index contributed by atoms with van der Waals surface area (Å²) in [4.78, 5) is -0.0666. The number of hydrogen-bond acceptors (Lipinski definition) is 4. The van der Waals surface area contributed by atoms with Gasteiger partial charge in [0.15, 0.2) is 0 Å². The van der Waals surface area contributed by atoms with E-state index in [4.69, 9.17) is 10.3 Å². The number of aromatic nitrogens is 2. The van der Waals surface area contributed by atoms with Gasteiger partial charge in [0, 0.05) is 6.20 Å². The summed E-state index contributed by atoms with van der Waals surface area (Å²) < 4.78 is 65.7. The van der Waals surface area contributed by atoms with Crippen LogP contribution in [-0.4, -0.2) is 28.9 Å². The Kier molecular flexibility index (Phi) is 5.78. The molecule has 0 fully saturated rings. The maximum absolute atomic E-state index is 11.8. The van der Waals surface area contributed by atoms with Crippen LogP contribution in [-0.2, 0) is 16.7 Å². The number of anilines is 1. The van der Waals surface area contributed by atoms with Gasteiger partial charge in [0.2, 0.25) is 0 Å². The Morgan fingerprint density at radius 2 is 1.74 bits per heavy atom. The fraction of sp³-hybridized carbons (Fsp3) is 0.308. The highest BCUT2D eigenvalue weighted by atomic mass is 32.2. The fourth-order valence-corrected chi connectivity index (χ4v) is 1.99. The lowest BCUT2D eigenvalue weighted by atomic mass is 10.2. The molecule has 23 heavy (non-hydrogen) atoms. The van der Waals surface area contributed by atoms with Crippen molar-refractivity contribution >= 4 is 15.8 Å². The Labute approximate surface area is 131 Å². The number of aryl methyl sites for hydroxylation is 2. The first-order valence-electron chi connectivity index (χ1n) is 6.29. The Morgan fingerprint density at radius 1 is 1.22 bits per heavy atom. The van der Waals surface area contributed by atoms with Crippen LogP contribution in [0.25, 0.3) is 0 Å². The Balaban J connectivity index is 0.000000231. The molecule has 128 valence electrons. The summed E-state index contributed by atoms with van der Waals surface area (Å²) in [6, 6.07) is 5.99. The van der Waals surface area contributed by atoms with E-state index in [-0.39, 0.29) is 10.6 Å². The van der Waals surface area contributed by atoms with E-state index < -0.39 is 22.8 Å². The molecule has 0 aliphatic rings. The summed E-state index contributed by atoms with van der Waals surface area (Å²) in [5, 5.41) is 3.57. The molecule has 10 heteroatoms. The highest BCUT2D eigenvalue weighted by molar-refractivity contribution is 7.85. The lowest BCUT2D eigenvalue weighted by molar-refractivity contribution is -0.142. The van der Waals surface area contributed by atoms with Crippen molar-refractivity contribution in [3.63, 3.8) is 0 Å². The zero-order chi connectivity index (χ0) is 17.8. The predicted molar refractivity (Wildman–Crippen MR) is 78.4 cm³/mol. The first kappa shape index (κ1) is 19.0. The first-order chi connectivity index (χ1) is 10.4. The zero-order valence-electron chi connectivity index (χ0n) is 12.4. The summed E-state index contributed by atoms with van der Waals surface area (Å²) in [6.45, 7) is 2.31. The lowest BCUT2D eigenvalue weighted by Crippen LogP contribution is -2.17. The van der Waals surface area contributed by atoms with Gasteiger partial charge in [-0.05, 0) is 26.0 Å². The quantitative estimate of drug-likeness (QED) is 0.811. The average Bonchev–Trinajstić information content (AvgIpc) is 2.65. The molecule has 0 bridgehead atoms. The van der Waals surface area contributed by atoms with Gasteiger partial charge in [0.25, 0.3) is 10.1 Å². The van der Waals surface area contributed by atoms with Gasteiger partial charge in [-0.25, -0.2) is 0 Å². The molecule has 0 aliphatic carbocycles. The second kappa shape index (κ2) is 7.01. The van der Waals surface area contributed by atoms with E-state index in [0.717, 1.165) is 10.2 Å². The topological polar surface area (TPSA) is 98.2 Å². The van der Waals surface area contributed by atoms with Crippen molar-refractivity contribution in [3.8, 4) is 0 Å². The monoisotopic (exact) mass is 351 g/mol. The van der Waals surface area contributed by atoms with E-state index in [2.05, 4.69) is 5.10 Å². The molecule has 2 rings (SSSR count). The number of halogens is 3. The Hall–Kier alpha value is -2.07. The van der Waals surface area contributed by atoms with Gasteiger partial charge in [-0.1, -0.05) is 17.7 Å². The van der Waals surface area contributed by atoms with Crippen molar-refractivity contribution in [1.29, 1.82) is 0 Å². The minimum atomic E-state index is -4.25. The number of benzene rings is 1. The smallest absolute Gasteiger partial charge is 0.396 e. The Morgan fingerprint density at radius 3 is 2.09 bits per heavy atom. The van der Waals surface area contributed by atoms with Crippen LogP contribution in [0.4, 0.5) is 18.9 Å². The van der Waals surface area contributed by atoms with E-state index in [1.54, 1.807) is 19.1 Å². The average molecular weight is 351 g/mol. The zero-order valence-corrected chi connectivity index (χ0v) is 13.2. The normalized spacial score (nSPS) is 11.7. The molecule has 0 amide bonds. The molecule has 0 unspecified atom stereocenters. The molecule has 0 spiro atoms. The van der Waals surface area contributed by atoms with Crippen LogP contribution in [0.2, 0.25) is 0 Å². The highest BCUT2D eigenvalue weighted by Crippen LogP contribution is 2.18.